The molecule has 0 aromatic heterocycles. The molecule has 1 rings (SSSR count). The molecule has 0 saturated carbocycles. The Labute approximate surface area is 125 Å². The van der Waals surface area contributed by atoms with Gasteiger partial charge in [-0.25, -0.2) is 0 Å². The summed E-state index contributed by atoms with van der Waals surface area (Å²) in [5.41, 5.74) is 6.41. The highest BCUT2D eigenvalue weighted by molar-refractivity contribution is 9.09. The molecular weight excluding hydrogens is 302 g/mol. The molecule has 0 unspecified atom stereocenters. The summed E-state index contributed by atoms with van der Waals surface area (Å²) >= 11 is 3.46. The lowest BCUT2D eigenvalue weighted by Crippen LogP contribution is -1.97. The zero-order valence-electron chi connectivity index (χ0n) is 11.7. The maximum absolute atomic E-state index is 5.66. The molecule has 0 spiro atoms. The molecule has 0 amide bonds. The summed E-state index contributed by atoms with van der Waals surface area (Å²) in [5, 5.41) is 1.15. The van der Waals surface area contributed by atoms with E-state index < -0.39 is 0 Å². The fraction of sp³-hybridized carbons (Fsp3) is 0.625. The molecule has 0 saturated heterocycles. The molecule has 1 aromatic carbocycles. The van der Waals surface area contributed by atoms with Crippen LogP contribution in [0.1, 0.15) is 51.4 Å². The van der Waals surface area contributed by atoms with Crippen LogP contribution in [0.2, 0.25) is 0 Å². The van der Waals surface area contributed by atoms with E-state index in [0.29, 0.717) is 0 Å². The highest BCUT2D eigenvalue weighted by Crippen LogP contribution is 2.14. The zero-order valence-corrected chi connectivity index (χ0v) is 13.3. The number of alkyl halides is 1. The topological polar surface area (TPSA) is 35.2 Å². The second kappa shape index (κ2) is 11.2. The molecule has 3 heteroatoms. The lowest BCUT2D eigenvalue weighted by atomic mass is 10.1. The van der Waals surface area contributed by atoms with E-state index in [1.807, 2.05) is 24.3 Å². The minimum Gasteiger partial charge on any atom is -0.494 e. The quantitative estimate of drug-likeness (QED) is 0.346. The van der Waals surface area contributed by atoms with Gasteiger partial charge in [-0.2, -0.15) is 0 Å². The Bertz CT molecular complexity index is 313. The van der Waals surface area contributed by atoms with Crippen molar-refractivity contribution in [2.75, 3.05) is 17.7 Å². The van der Waals surface area contributed by atoms with Crippen LogP contribution in [-0.2, 0) is 0 Å². The second-order valence-electron chi connectivity index (χ2n) is 4.93. The van der Waals surface area contributed by atoms with Crippen molar-refractivity contribution in [2.24, 2.45) is 0 Å². The van der Waals surface area contributed by atoms with Crippen molar-refractivity contribution in [3.05, 3.63) is 24.3 Å². The van der Waals surface area contributed by atoms with Crippen molar-refractivity contribution in [3.8, 4) is 5.75 Å². The molecule has 0 aliphatic heterocycles. The van der Waals surface area contributed by atoms with E-state index >= 15 is 0 Å². The first-order valence-corrected chi connectivity index (χ1v) is 8.49. The fourth-order valence-corrected chi connectivity index (χ4v) is 2.41. The highest BCUT2D eigenvalue weighted by atomic mass is 79.9. The second-order valence-corrected chi connectivity index (χ2v) is 5.73. The van der Waals surface area contributed by atoms with Gasteiger partial charge in [-0.1, -0.05) is 54.5 Å². The molecular formula is C16H26BrNO. The van der Waals surface area contributed by atoms with Crippen LogP contribution in [0.4, 0.5) is 5.69 Å². The van der Waals surface area contributed by atoms with Crippen LogP contribution in [-0.4, -0.2) is 11.9 Å². The number of ether oxygens (including phenoxy) is 1. The predicted molar refractivity (Wildman–Crippen MR) is 87.1 cm³/mol. The Balaban J connectivity index is 1.87. The number of benzene rings is 1. The zero-order chi connectivity index (χ0) is 13.8. The number of hydrogen-bond acceptors (Lipinski definition) is 2. The Morgan fingerprint density at radius 2 is 1.32 bits per heavy atom. The van der Waals surface area contributed by atoms with Crippen molar-refractivity contribution >= 4 is 21.6 Å². The molecule has 0 fully saturated rings. The number of nitrogens with two attached hydrogens (primary N) is 1. The van der Waals surface area contributed by atoms with Crippen LogP contribution in [0, 0.1) is 0 Å². The molecule has 0 aliphatic rings. The summed E-state index contributed by atoms with van der Waals surface area (Å²) in [6, 6.07) is 7.61. The van der Waals surface area contributed by atoms with Crippen molar-refractivity contribution < 1.29 is 4.74 Å². The van der Waals surface area contributed by atoms with Gasteiger partial charge in [-0.05, 0) is 37.1 Å². The third kappa shape index (κ3) is 8.93. The van der Waals surface area contributed by atoms with Gasteiger partial charge < -0.3 is 10.5 Å². The Hall–Kier alpha value is -0.700. The lowest BCUT2D eigenvalue weighted by Gasteiger charge is -2.06. The maximum atomic E-state index is 5.66. The summed E-state index contributed by atoms with van der Waals surface area (Å²) in [7, 11) is 0. The molecule has 108 valence electrons. The first kappa shape index (κ1) is 16.4. The Kier molecular flexibility index (Phi) is 9.60. The standard InChI is InChI=1S/C16H26BrNO/c17-13-7-5-3-1-2-4-6-8-14-19-16-11-9-15(18)10-12-16/h9-12H,1-8,13-14,18H2. The van der Waals surface area contributed by atoms with Crippen LogP contribution in [0.5, 0.6) is 5.75 Å². The monoisotopic (exact) mass is 327 g/mol. The molecule has 0 bridgehead atoms. The van der Waals surface area contributed by atoms with E-state index in [2.05, 4.69) is 15.9 Å². The molecule has 0 heterocycles. The lowest BCUT2D eigenvalue weighted by molar-refractivity contribution is 0.304. The van der Waals surface area contributed by atoms with Crippen LogP contribution in [0.15, 0.2) is 24.3 Å². The molecule has 2 nitrogen and oxygen atoms in total. The maximum Gasteiger partial charge on any atom is 0.119 e. The van der Waals surface area contributed by atoms with Gasteiger partial charge >= 0.3 is 0 Å². The van der Waals surface area contributed by atoms with E-state index in [4.69, 9.17) is 10.5 Å². The Morgan fingerprint density at radius 3 is 1.89 bits per heavy atom. The summed E-state index contributed by atoms with van der Waals surface area (Å²) in [4.78, 5) is 0. The van der Waals surface area contributed by atoms with Gasteiger partial charge in [-0.3, -0.25) is 0 Å². The van der Waals surface area contributed by atoms with Crippen LogP contribution in [0.25, 0.3) is 0 Å². The van der Waals surface area contributed by atoms with Crippen molar-refractivity contribution in [1.82, 2.24) is 0 Å². The minimum atomic E-state index is 0.784. The number of anilines is 1. The van der Waals surface area contributed by atoms with Gasteiger partial charge in [0.1, 0.15) is 5.75 Å². The summed E-state index contributed by atoms with van der Waals surface area (Å²) in [5.74, 6) is 0.920. The molecule has 0 aliphatic carbocycles. The third-order valence-electron chi connectivity index (χ3n) is 3.18. The molecule has 0 radical (unpaired) electrons. The van der Waals surface area contributed by atoms with Crippen molar-refractivity contribution in [3.63, 3.8) is 0 Å². The number of hydrogen-bond donors (Lipinski definition) is 1. The van der Waals surface area contributed by atoms with Gasteiger partial charge in [0.25, 0.3) is 0 Å². The van der Waals surface area contributed by atoms with E-state index in [1.165, 1.54) is 44.9 Å². The molecule has 0 atom stereocenters. The van der Waals surface area contributed by atoms with E-state index in [1.54, 1.807) is 0 Å². The first-order chi connectivity index (χ1) is 9.33. The first-order valence-electron chi connectivity index (χ1n) is 7.37. The largest absolute Gasteiger partial charge is 0.494 e. The SMILES string of the molecule is Nc1ccc(OCCCCCCCCCCBr)cc1. The summed E-state index contributed by atoms with van der Waals surface area (Å²) in [6.45, 7) is 0.813. The fourth-order valence-electron chi connectivity index (χ4n) is 2.01. The highest BCUT2D eigenvalue weighted by Gasteiger charge is 1.95. The number of rotatable bonds is 11. The summed E-state index contributed by atoms with van der Waals surface area (Å²) in [6.07, 6.45) is 10.6. The molecule has 19 heavy (non-hydrogen) atoms. The average molecular weight is 328 g/mol. The molecule has 2 N–H and O–H groups in total. The number of nitrogen functional groups attached to an aromatic ring is 1. The molecule has 1 aromatic rings. The number of halogens is 1. The van der Waals surface area contributed by atoms with Crippen molar-refractivity contribution in [2.45, 2.75) is 51.4 Å². The van der Waals surface area contributed by atoms with Gasteiger partial charge in [0.05, 0.1) is 6.61 Å². The van der Waals surface area contributed by atoms with Gasteiger partial charge in [0.2, 0.25) is 0 Å². The Morgan fingerprint density at radius 1 is 0.789 bits per heavy atom. The van der Waals surface area contributed by atoms with Crippen LogP contribution < -0.4 is 10.5 Å². The van der Waals surface area contributed by atoms with Crippen LogP contribution in [0.3, 0.4) is 0 Å². The van der Waals surface area contributed by atoms with Gasteiger partial charge in [-0.15, -0.1) is 0 Å². The third-order valence-corrected chi connectivity index (χ3v) is 3.74. The van der Waals surface area contributed by atoms with Crippen molar-refractivity contribution in [1.29, 1.82) is 0 Å². The van der Waals surface area contributed by atoms with E-state index in [0.717, 1.165) is 29.8 Å². The predicted octanol–water partition coefficient (Wildman–Crippen LogP) is 5.16. The minimum absolute atomic E-state index is 0.784. The van der Waals surface area contributed by atoms with Gasteiger partial charge in [0.15, 0.2) is 0 Å². The smallest absolute Gasteiger partial charge is 0.119 e. The van der Waals surface area contributed by atoms with Crippen LogP contribution >= 0.6 is 15.9 Å². The average Bonchev–Trinajstić information content (AvgIpc) is 2.43. The van der Waals surface area contributed by atoms with E-state index in [9.17, 15) is 0 Å². The van der Waals surface area contributed by atoms with E-state index in [-0.39, 0.29) is 0 Å². The number of unbranched alkanes of at least 4 members (excludes halogenated alkanes) is 7. The van der Waals surface area contributed by atoms with Gasteiger partial charge in [0, 0.05) is 11.0 Å². The normalized spacial score (nSPS) is 10.6. The summed E-state index contributed by atoms with van der Waals surface area (Å²) < 4.78 is 5.66.